The summed E-state index contributed by atoms with van der Waals surface area (Å²) in [5.74, 6) is 0.544. The zero-order valence-electron chi connectivity index (χ0n) is 11.0. The number of nitrogens with two attached hydrogens (primary N) is 1. The summed E-state index contributed by atoms with van der Waals surface area (Å²) < 4.78 is 30.4. The smallest absolute Gasteiger partial charge is 0.159 e. The van der Waals surface area contributed by atoms with Gasteiger partial charge in [-0.25, -0.2) is 18.7 Å². The van der Waals surface area contributed by atoms with Gasteiger partial charge in [0.25, 0.3) is 0 Å². The molecule has 1 heterocycles. The van der Waals surface area contributed by atoms with E-state index in [1.54, 1.807) is 12.1 Å². The Hall–Kier alpha value is -2.05. The SMILES string of the molecule is Cl.NC/C(=C/F)COc1cnc(-c2ccc(F)cc2)nc1. The molecule has 0 saturated heterocycles. The number of ether oxygens (including phenoxy) is 1. The number of nitrogens with zero attached hydrogens (tertiary/aromatic N) is 2. The molecule has 21 heavy (non-hydrogen) atoms. The van der Waals surface area contributed by atoms with Gasteiger partial charge in [0, 0.05) is 17.7 Å². The van der Waals surface area contributed by atoms with Crippen molar-refractivity contribution in [2.75, 3.05) is 13.2 Å². The fraction of sp³-hybridized carbons (Fsp3) is 0.143. The first kappa shape index (κ1) is 17.0. The van der Waals surface area contributed by atoms with Gasteiger partial charge in [-0.05, 0) is 24.3 Å². The second-order valence-corrected chi connectivity index (χ2v) is 4.01. The van der Waals surface area contributed by atoms with E-state index in [9.17, 15) is 8.78 Å². The Kier molecular flexibility index (Phi) is 6.71. The summed E-state index contributed by atoms with van der Waals surface area (Å²) in [5.41, 5.74) is 6.35. The largest absolute Gasteiger partial charge is 0.486 e. The Morgan fingerprint density at radius 3 is 2.33 bits per heavy atom. The first-order valence-electron chi connectivity index (χ1n) is 5.92. The summed E-state index contributed by atoms with van der Waals surface area (Å²) in [6.07, 6.45) is 3.36. The molecular formula is C14H14ClF2N3O. The highest BCUT2D eigenvalue weighted by atomic mass is 35.5. The zero-order chi connectivity index (χ0) is 14.4. The minimum atomic E-state index is -0.318. The molecule has 0 aliphatic carbocycles. The fourth-order valence-electron chi connectivity index (χ4n) is 1.45. The monoisotopic (exact) mass is 313 g/mol. The Bertz CT molecular complexity index is 588. The van der Waals surface area contributed by atoms with Gasteiger partial charge in [-0.15, -0.1) is 12.4 Å². The van der Waals surface area contributed by atoms with Crippen LogP contribution in [0.5, 0.6) is 5.75 Å². The van der Waals surface area contributed by atoms with Crippen LogP contribution in [-0.4, -0.2) is 23.1 Å². The molecular weight excluding hydrogens is 300 g/mol. The van der Waals surface area contributed by atoms with Gasteiger partial charge < -0.3 is 10.5 Å². The summed E-state index contributed by atoms with van der Waals surface area (Å²) in [5, 5.41) is 0. The van der Waals surface area contributed by atoms with E-state index >= 15 is 0 Å². The van der Waals surface area contributed by atoms with Crippen LogP contribution in [0.25, 0.3) is 11.4 Å². The van der Waals surface area contributed by atoms with Crippen molar-refractivity contribution in [3.05, 3.63) is 54.4 Å². The molecule has 0 atom stereocenters. The van der Waals surface area contributed by atoms with Crippen LogP contribution in [0.4, 0.5) is 8.78 Å². The molecule has 0 fully saturated rings. The van der Waals surface area contributed by atoms with Gasteiger partial charge in [-0.1, -0.05) is 0 Å². The van der Waals surface area contributed by atoms with Crippen molar-refractivity contribution in [3.8, 4) is 17.1 Å². The first-order chi connectivity index (χ1) is 9.72. The third-order valence-corrected chi connectivity index (χ3v) is 2.57. The van der Waals surface area contributed by atoms with Gasteiger partial charge in [-0.2, -0.15) is 0 Å². The van der Waals surface area contributed by atoms with Crippen molar-refractivity contribution in [1.82, 2.24) is 9.97 Å². The molecule has 0 amide bonds. The standard InChI is InChI=1S/C14H13F2N3O.ClH/c15-5-10(6-17)9-20-13-7-18-14(19-8-13)11-1-3-12(16)4-2-11;/h1-5,7-8H,6,9,17H2;1H/b10-5-;. The van der Waals surface area contributed by atoms with Crippen molar-refractivity contribution in [2.45, 2.75) is 0 Å². The van der Waals surface area contributed by atoms with Crippen molar-refractivity contribution < 1.29 is 13.5 Å². The first-order valence-corrected chi connectivity index (χ1v) is 5.92. The van der Waals surface area contributed by atoms with Gasteiger partial charge >= 0.3 is 0 Å². The molecule has 0 bridgehead atoms. The normalized spacial score (nSPS) is 10.9. The summed E-state index contributed by atoms with van der Waals surface area (Å²) in [6.45, 7) is 0.136. The van der Waals surface area contributed by atoms with Crippen molar-refractivity contribution in [2.24, 2.45) is 5.73 Å². The van der Waals surface area contributed by atoms with Crippen LogP contribution < -0.4 is 10.5 Å². The second-order valence-electron chi connectivity index (χ2n) is 4.01. The molecule has 0 aliphatic rings. The average Bonchev–Trinajstić information content (AvgIpc) is 2.50. The van der Waals surface area contributed by atoms with Gasteiger partial charge in [-0.3, -0.25) is 0 Å². The highest BCUT2D eigenvalue weighted by molar-refractivity contribution is 5.85. The maximum Gasteiger partial charge on any atom is 0.159 e. The van der Waals surface area contributed by atoms with Crippen molar-refractivity contribution in [1.29, 1.82) is 0 Å². The molecule has 112 valence electrons. The van der Waals surface area contributed by atoms with Crippen LogP contribution in [0.15, 0.2) is 48.6 Å². The molecule has 2 aromatic rings. The van der Waals surface area contributed by atoms with E-state index in [4.69, 9.17) is 10.5 Å². The summed E-state index contributed by atoms with van der Waals surface area (Å²) in [4.78, 5) is 8.21. The molecule has 2 rings (SSSR count). The number of rotatable bonds is 5. The summed E-state index contributed by atoms with van der Waals surface area (Å²) in [7, 11) is 0. The third-order valence-electron chi connectivity index (χ3n) is 2.57. The number of halogens is 3. The van der Waals surface area contributed by atoms with E-state index in [2.05, 4.69) is 9.97 Å². The molecule has 1 aromatic heterocycles. The Morgan fingerprint density at radius 1 is 1.19 bits per heavy atom. The predicted octanol–water partition coefficient (Wildman–Crippen LogP) is 2.90. The number of hydrogen-bond acceptors (Lipinski definition) is 4. The summed E-state index contributed by atoms with van der Waals surface area (Å²) >= 11 is 0. The molecule has 1 aromatic carbocycles. The zero-order valence-corrected chi connectivity index (χ0v) is 11.8. The molecule has 0 spiro atoms. The van der Waals surface area contributed by atoms with E-state index in [1.807, 2.05) is 0 Å². The third kappa shape index (κ3) is 4.77. The van der Waals surface area contributed by atoms with E-state index < -0.39 is 0 Å². The van der Waals surface area contributed by atoms with Crippen LogP contribution in [-0.2, 0) is 0 Å². The average molecular weight is 314 g/mol. The molecule has 0 saturated carbocycles. The Labute approximate surface area is 127 Å². The van der Waals surface area contributed by atoms with E-state index in [-0.39, 0.29) is 31.4 Å². The van der Waals surface area contributed by atoms with E-state index in [0.29, 0.717) is 29.0 Å². The molecule has 2 N–H and O–H groups in total. The quantitative estimate of drug-likeness (QED) is 0.922. The number of aromatic nitrogens is 2. The lowest BCUT2D eigenvalue weighted by Crippen LogP contribution is -2.11. The number of benzene rings is 1. The lowest BCUT2D eigenvalue weighted by molar-refractivity contribution is 0.344. The van der Waals surface area contributed by atoms with E-state index in [0.717, 1.165) is 0 Å². The summed E-state index contributed by atoms with van der Waals surface area (Å²) in [6, 6.07) is 5.85. The molecule has 0 aliphatic heterocycles. The van der Waals surface area contributed by atoms with Crippen LogP contribution >= 0.6 is 12.4 Å². The topological polar surface area (TPSA) is 61.0 Å². The highest BCUT2D eigenvalue weighted by Gasteiger charge is 2.03. The minimum absolute atomic E-state index is 0. The Morgan fingerprint density at radius 2 is 1.81 bits per heavy atom. The van der Waals surface area contributed by atoms with Crippen molar-refractivity contribution in [3.63, 3.8) is 0 Å². The van der Waals surface area contributed by atoms with Gasteiger partial charge in [0.2, 0.25) is 0 Å². The molecule has 7 heteroatoms. The predicted molar refractivity (Wildman–Crippen MR) is 78.4 cm³/mol. The van der Waals surface area contributed by atoms with Gasteiger partial charge in [0.05, 0.1) is 18.7 Å². The minimum Gasteiger partial charge on any atom is -0.486 e. The lowest BCUT2D eigenvalue weighted by atomic mass is 10.2. The maximum atomic E-state index is 12.8. The molecule has 0 unspecified atom stereocenters. The van der Waals surface area contributed by atoms with Crippen LogP contribution in [0.2, 0.25) is 0 Å². The maximum absolute atomic E-state index is 12.8. The second kappa shape index (κ2) is 8.28. The van der Waals surface area contributed by atoms with Crippen LogP contribution in [0, 0.1) is 5.82 Å². The Balaban J connectivity index is 0.00000220. The molecule has 0 radical (unpaired) electrons. The van der Waals surface area contributed by atoms with Gasteiger partial charge in [0.15, 0.2) is 11.6 Å². The van der Waals surface area contributed by atoms with Crippen molar-refractivity contribution >= 4 is 12.4 Å². The molecule has 4 nitrogen and oxygen atoms in total. The van der Waals surface area contributed by atoms with Gasteiger partial charge in [0.1, 0.15) is 12.4 Å². The van der Waals surface area contributed by atoms with Crippen LogP contribution in [0.3, 0.4) is 0 Å². The fourth-order valence-corrected chi connectivity index (χ4v) is 1.45. The van der Waals surface area contributed by atoms with E-state index in [1.165, 1.54) is 24.5 Å². The number of hydrogen-bond donors (Lipinski definition) is 1. The highest BCUT2D eigenvalue weighted by Crippen LogP contribution is 2.17. The lowest BCUT2D eigenvalue weighted by Gasteiger charge is -2.07. The van der Waals surface area contributed by atoms with Crippen LogP contribution in [0.1, 0.15) is 0 Å².